The van der Waals surface area contributed by atoms with Gasteiger partial charge in [0.15, 0.2) is 5.84 Å². The Balaban J connectivity index is 2.09. The van der Waals surface area contributed by atoms with Crippen molar-refractivity contribution in [2.45, 2.75) is 13.5 Å². The van der Waals surface area contributed by atoms with Crippen molar-refractivity contribution in [3.63, 3.8) is 0 Å². The first-order valence-electron chi connectivity index (χ1n) is 5.93. The van der Waals surface area contributed by atoms with Crippen molar-refractivity contribution in [3.8, 4) is 5.75 Å². The van der Waals surface area contributed by atoms with Crippen molar-refractivity contribution in [1.82, 2.24) is 4.98 Å². The van der Waals surface area contributed by atoms with E-state index in [4.69, 9.17) is 27.3 Å². The molecule has 0 fully saturated rings. The molecule has 2 rings (SSSR count). The number of hydrogen-bond acceptors (Lipinski definition) is 4. The van der Waals surface area contributed by atoms with Crippen LogP contribution in [0.1, 0.15) is 17.0 Å². The van der Waals surface area contributed by atoms with Crippen LogP contribution in [0.25, 0.3) is 0 Å². The SMILES string of the molecule is Cc1cccc(COc2ccc(/C(N)=N/O)c(Cl)c2)n1. The number of nitrogens with two attached hydrogens (primary N) is 1. The molecular weight excluding hydrogens is 278 g/mol. The summed E-state index contributed by atoms with van der Waals surface area (Å²) in [5.41, 5.74) is 7.72. The zero-order valence-corrected chi connectivity index (χ0v) is 11.6. The fourth-order valence-electron chi connectivity index (χ4n) is 1.68. The molecule has 0 aliphatic heterocycles. The zero-order chi connectivity index (χ0) is 14.5. The number of halogens is 1. The summed E-state index contributed by atoms with van der Waals surface area (Å²) in [6.45, 7) is 2.27. The van der Waals surface area contributed by atoms with Gasteiger partial charge in [0.1, 0.15) is 12.4 Å². The number of benzene rings is 1. The van der Waals surface area contributed by atoms with E-state index in [1.54, 1.807) is 18.2 Å². The van der Waals surface area contributed by atoms with Gasteiger partial charge in [-0.25, -0.2) is 0 Å². The summed E-state index contributed by atoms with van der Waals surface area (Å²) in [5, 5.41) is 11.9. The largest absolute Gasteiger partial charge is 0.487 e. The molecule has 0 spiro atoms. The quantitative estimate of drug-likeness (QED) is 0.393. The molecule has 1 aromatic heterocycles. The minimum Gasteiger partial charge on any atom is -0.487 e. The molecule has 5 nitrogen and oxygen atoms in total. The second-order valence-electron chi connectivity index (χ2n) is 4.19. The highest BCUT2D eigenvalue weighted by Crippen LogP contribution is 2.23. The van der Waals surface area contributed by atoms with Crippen molar-refractivity contribution in [3.05, 3.63) is 58.4 Å². The molecular formula is C14H14ClN3O2. The summed E-state index contributed by atoms with van der Waals surface area (Å²) in [5.74, 6) is 0.551. The van der Waals surface area contributed by atoms with Gasteiger partial charge >= 0.3 is 0 Å². The molecule has 0 radical (unpaired) electrons. The molecule has 1 heterocycles. The number of hydrogen-bond donors (Lipinski definition) is 2. The van der Waals surface area contributed by atoms with Gasteiger partial charge in [-0.15, -0.1) is 0 Å². The lowest BCUT2D eigenvalue weighted by Crippen LogP contribution is -2.13. The standard InChI is InChI=1S/C14H14ClN3O2/c1-9-3-2-4-10(17-9)8-20-11-5-6-12(13(15)7-11)14(16)18-19/h2-7,19H,8H2,1H3,(H2,16,18). The van der Waals surface area contributed by atoms with Crippen LogP contribution in [-0.4, -0.2) is 16.0 Å². The normalized spacial score (nSPS) is 11.4. The van der Waals surface area contributed by atoms with Crippen molar-refractivity contribution in [2.75, 3.05) is 0 Å². The van der Waals surface area contributed by atoms with E-state index in [-0.39, 0.29) is 5.84 Å². The van der Waals surface area contributed by atoms with E-state index >= 15 is 0 Å². The first-order chi connectivity index (χ1) is 9.60. The molecule has 104 valence electrons. The van der Waals surface area contributed by atoms with Gasteiger partial charge < -0.3 is 15.7 Å². The Labute approximate surface area is 121 Å². The first-order valence-corrected chi connectivity index (χ1v) is 6.30. The first kappa shape index (κ1) is 14.1. The predicted octanol–water partition coefficient (Wildman–Crippen LogP) is 2.72. The van der Waals surface area contributed by atoms with Gasteiger partial charge in [0.05, 0.1) is 10.7 Å². The van der Waals surface area contributed by atoms with Crippen LogP contribution in [0.3, 0.4) is 0 Å². The summed E-state index contributed by atoms with van der Waals surface area (Å²) in [4.78, 5) is 4.34. The number of amidine groups is 1. The number of aryl methyl sites for hydroxylation is 1. The highest BCUT2D eigenvalue weighted by atomic mass is 35.5. The Morgan fingerprint density at radius 2 is 2.20 bits per heavy atom. The highest BCUT2D eigenvalue weighted by Gasteiger charge is 2.07. The fraction of sp³-hybridized carbons (Fsp3) is 0.143. The third-order valence-electron chi connectivity index (χ3n) is 2.66. The van der Waals surface area contributed by atoms with Crippen LogP contribution in [0.2, 0.25) is 5.02 Å². The lowest BCUT2D eigenvalue weighted by Gasteiger charge is -2.08. The summed E-state index contributed by atoms with van der Waals surface area (Å²) < 4.78 is 5.61. The topological polar surface area (TPSA) is 80.7 Å². The maximum absolute atomic E-state index is 8.62. The van der Waals surface area contributed by atoms with E-state index in [0.717, 1.165) is 11.4 Å². The van der Waals surface area contributed by atoms with Gasteiger partial charge in [-0.3, -0.25) is 4.98 Å². The maximum atomic E-state index is 8.62. The van der Waals surface area contributed by atoms with Crippen LogP contribution in [0.5, 0.6) is 5.75 Å². The van der Waals surface area contributed by atoms with Gasteiger partial charge in [-0.2, -0.15) is 0 Å². The zero-order valence-electron chi connectivity index (χ0n) is 10.9. The molecule has 0 saturated carbocycles. The second kappa shape index (κ2) is 6.25. The second-order valence-corrected chi connectivity index (χ2v) is 4.59. The number of rotatable bonds is 4. The van der Waals surface area contributed by atoms with Crippen LogP contribution in [0, 0.1) is 6.92 Å². The van der Waals surface area contributed by atoms with Crippen molar-refractivity contribution >= 4 is 17.4 Å². The molecule has 1 aromatic carbocycles. The van der Waals surface area contributed by atoms with Gasteiger partial charge in [-0.1, -0.05) is 22.8 Å². The molecule has 2 aromatic rings. The van der Waals surface area contributed by atoms with Crippen LogP contribution in [-0.2, 0) is 6.61 Å². The minimum absolute atomic E-state index is 0.0399. The van der Waals surface area contributed by atoms with Crippen LogP contribution >= 0.6 is 11.6 Å². The Morgan fingerprint density at radius 1 is 1.40 bits per heavy atom. The van der Waals surface area contributed by atoms with Gasteiger partial charge in [0, 0.05) is 11.3 Å². The smallest absolute Gasteiger partial charge is 0.171 e. The van der Waals surface area contributed by atoms with Crippen molar-refractivity contribution in [1.29, 1.82) is 0 Å². The van der Waals surface area contributed by atoms with E-state index in [1.165, 1.54) is 0 Å². The Morgan fingerprint density at radius 3 is 2.85 bits per heavy atom. The lowest BCUT2D eigenvalue weighted by molar-refractivity contribution is 0.301. The molecule has 0 bridgehead atoms. The molecule has 0 saturated heterocycles. The maximum Gasteiger partial charge on any atom is 0.171 e. The molecule has 6 heteroatoms. The average Bonchev–Trinajstić information content (AvgIpc) is 2.44. The van der Waals surface area contributed by atoms with E-state index in [9.17, 15) is 0 Å². The minimum atomic E-state index is -0.0399. The summed E-state index contributed by atoms with van der Waals surface area (Å²) in [7, 11) is 0. The van der Waals surface area contributed by atoms with Gasteiger partial charge in [-0.05, 0) is 37.3 Å². The predicted molar refractivity (Wildman–Crippen MR) is 77.3 cm³/mol. The van der Waals surface area contributed by atoms with Crippen molar-refractivity contribution < 1.29 is 9.94 Å². The molecule has 0 aliphatic carbocycles. The number of nitrogens with zero attached hydrogens (tertiary/aromatic N) is 2. The van der Waals surface area contributed by atoms with Crippen LogP contribution in [0.4, 0.5) is 0 Å². The summed E-state index contributed by atoms with van der Waals surface area (Å²) in [6.07, 6.45) is 0. The summed E-state index contributed by atoms with van der Waals surface area (Å²) in [6, 6.07) is 10.7. The molecule has 0 unspecified atom stereocenters. The number of pyridine rings is 1. The molecule has 3 N–H and O–H groups in total. The Bertz CT molecular complexity index is 644. The third kappa shape index (κ3) is 3.39. The molecule has 20 heavy (non-hydrogen) atoms. The van der Waals surface area contributed by atoms with E-state index in [0.29, 0.717) is 22.9 Å². The number of aromatic nitrogens is 1. The van der Waals surface area contributed by atoms with Crippen molar-refractivity contribution in [2.24, 2.45) is 10.9 Å². The third-order valence-corrected chi connectivity index (χ3v) is 2.97. The monoisotopic (exact) mass is 291 g/mol. The number of oxime groups is 1. The lowest BCUT2D eigenvalue weighted by atomic mass is 10.2. The highest BCUT2D eigenvalue weighted by molar-refractivity contribution is 6.34. The van der Waals surface area contributed by atoms with Crippen LogP contribution < -0.4 is 10.5 Å². The molecule has 0 amide bonds. The van der Waals surface area contributed by atoms with Gasteiger partial charge in [0.25, 0.3) is 0 Å². The van der Waals surface area contributed by atoms with E-state index < -0.39 is 0 Å². The van der Waals surface area contributed by atoms with E-state index in [2.05, 4.69) is 10.1 Å². The summed E-state index contributed by atoms with van der Waals surface area (Å²) >= 11 is 6.04. The fourth-order valence-corrected chi connectivity index (χ4v) is 1.95. The molecule has 0 aliphatic rings. The van der Waals surface area contributed by atoms with Crippen LogP contribution in [0.15, 0.2) is 41.6 Å². The average molecular weight is 292 g/mol. The number of ether oxygens (including phenoxy) is 1. The van der Waals surface area contributed by atoms with E-state index in [1.807, 2.05) is 25.1 Å². The van der Waals surface area contributed by atoms with Gasteiger partial charge in [0.2, 0.25) is 0 Å². The Kier molecular flexibility index (Phi) is 4.42. The Hall–Kier alpha value is -2.27. The molecule has 0 atom stereocenters.